The second kappa shape index (κ2) is 12.2. The lowest BCUT2D eigenvalue weighted by Gasteiger charge is -2.29. The average Bonchev–Trinajstić information content (AvgIpc) is 2.87. The van der Waals surface area contributed by atoms with Gasteiger partial charge in [-0.25, -0.2) is 8.78 Å². The van der Waals surface area contributed by atoms with Crippen molar-refractivity contribution in [3.05, 3.63) is 76.9 Å². The van der Waals surface area contributed by atoms with Crippen molar-refractivity contribution in [2.24, 2.45) is 5.92 Å². The summed E-state index contributed by atoms with van der Waals surface area (Å²) in [4.78, 5) is 0. The second-order valence-corrected chi connectivity index (χ2v) is 9.22. The number of aryl methyl sites for hydroxylation is 3. The average molecular weight is 525 g/mol. The molecule has 3 aromatic rings. The van der Waals surface area contributed by atoms with Crippen molar-refractivity contribution in [3.63, 3.8) is 0 Å². The van der Waals surface area contributed by atoms with E-state index in [4.69, 9.17) is 14.2 Å². The number of ether oxygens (including phenoxy) is 4. The third kappa shape index (κ3) is 7.63. The van der Waals surface area contributed by atoms with Crippen LogP contribution in [-0.4, -0.2) is 46.0 Å². The Morgan fingerprint density at radius 2 is 1.62 bits per heavy atom. The molecule has 0 N–H and O–H groups in total. The smallest absolute Gasteiger partial charge is 0.422 e. The van der Waals surface area contributed by atoms with Gasteiger partial charge >= 0.3 is 6.18 Å². The van der Waals surface area contributed by atoms with Crippen molar-refractivity contribution in [1.82, 2.24) is 0 Å². The Labute approximate surface area is 212 Å². The van der Waals surface area contributed by atoms with E-state index in [2.05, 4.69) is 4.74 Å². The second-order valence-electron chi connectivity index (χ2n) is 9.22. The van der Waals surface area contributed by atoms with Crippen LogP contribution in [0, 0.1) is 17.6 Å². The molecular weight excluding hydrogens is 495 g/mol. The normalized spacial score (nSPS) is 18.3. The molecule has 0 bridgehead atoms. The molecule has 9 heteroatoms. The number of halogens is 5. The number of rotatable bonds is 10. The van der Waals surface area contributed by atoms with Crippen molar-refractivity contribution >= 4 is 10.8 Å². The van der Waals surface area contributed by atoms with Crippen molar-refractivity contribution in [2.75, 3.05) is 33.5 Å². The van der Waals surface area contributed by atoms with Crippen molar-refractivity contribution in [1.29, 1.82) is 0 Å². The molecule has 3 aromatic carbocycles. The first-order valence-electron chi connectivity index (χ1n) is 12.1. The van der Waals surface area contributed by atoms with E-state index in [1.807, 2.05) is 18.2 Å². The maximum Gasteiger partial charge on any atom is 0.422 e. The summed E-state index contributed by atoms with van der Waals surface area (Å²) in [5.41, 5.74) is 2.06. The van der Waals surface area contributed by atoms with Gasteiger partial charge in [0.05, 0.1) is 19.8 Å². The zero-order valence-corrected chi connectivity index (χ0v) is 20.5. The molecule has 37 heavy (non-hydrogen) atoms. The fourth-order valence-electron chi connectivity index (χ4n) is 4.36. The Bertz CT molecular complexity index is 1190. The molecule has 0 spiro atoms. The summed E-state index contributed by atoms with van der Waals surface area (Å²) in [5, 5.41) is 1.28. The van der Waals surface area contributed by atoms with Crippen molar-refractivity contribution in [3.8, 4) is 5.75 Å². The van der Waals surface area contributed by atoms with Crippen LogP contribution in [0.4, 0.5) is 22.0 Å². The van der Waals surface area contributed by atoms with Gasteiger partial charge in [0.1, 0.15) is 5.82 Å². The van der Waals surface area contributed by atoms with Crippen molar-refractivity contribution < 1.29 is 40.9 Å². The highest BCUT2D eigenvalue weighted by atomic mass is 19.4. The van der Waals surface area contributed by atoms with Gasteiger partial charge in [0.25, 0.3) is 0 Å². The van der Waals surface area contributed by atoms with Crippen LogP contribution < -0.4 is 4.74 Å². The molecule has 4 nitrogen and oxygen atoms in total. The van der Waals surface area contributed by atoms with Crippen LogP contribution >= 0.6 is 0 Å². The fourth-order valence-corrected chi connectivity index (χ4v) is 4.36. The minimum Gasteiger partial charge on any atom is -0.481 e. The summed E-state index contributed by atoms with van der Waals surface area (Å²) in [7, 11) is 1.65. The van der Waals surface area contributed by atoms with E-state index in [0.717, 1.165) is 29.5 Å². The number of methoxy groups -OCH3 is 1. The molecule has 1 fully saturated rings. The number of alkyl halides is 3. The largest absolute Gasteiger partial charge is 0.481 e. The molecule has 0 amide bonds. The van der Waals surface area contributed by atoms with E-state index in [0.29, 0.717) is 55.6 Å². The maximum atomic E-state index is 15.2. The van der Waals surface area contributed by atoms with Crippen LogP contribution in [0.1, 0.15) is 23.1 Å². The predicted octanol–water partition coefficient (Wildman–Crippen LogP) is 6.41. The molecule has 0 aromatic heterocycles. The van der Waals surface area contributed by atoms with E-state index in [1.165, 1.54) is 6.07 Å². The molecule has 1 heterocycles. The van der Waals surface area contributed by atoms with Crippen LogP contribution in [0.5, 0.6) is 5.75 Å². The van der Waals surface area contributed by atoms with E-state index in [-0.39, 0.29) is 18.0 Å². The zero-order chi connectivity index (χ0) is 26.4. The van der Waals surface area contributed by atoms with Crippen molar-refractivity contribution in [2.45, 2.75) is 38.1 Å². The van der Waals surface area contributed by atoms with Gasteiger partial charge < -0.3 is 18.9 Å². The van der Waals surface area contributed by atoms with Gasteiger partial charge in [0.2, 0.25) is 0 Å². The molecule has 1 saturated heterocycles. The Hall–Kier alpha value is -2.75. The van der Waals surface area contributed by atoms with Gasteiger partial charge in [0, 0.05) is 24.8 Å². The van der Waals surface area contributed by atoms with Crippen LogP contribution in [0.15, 0.2) is 48.5 Å². The van der Waals surface area contributed by atoms with E-state index in [9.17, 15) is 17.6 Å². The summed E-state index contributed by atoms with van der Waals surface area (Å²) in [5.74, 6) is -1.44. The molecule has 0 unspecified atom stereocenters. The highest BCUT2D eigenvalue weighted by Crippen LogP contribution is 2.26. The first-order chi connectivity index (χ1) is 17.7. The molecular formula is C28H29F5O4. The lowest BCUT2D eigenvalue weighted by molar-refractivity contribution is -0.208. The van der Waals surface area contributed by atoms with E-state index < -0.39 is 24.3 Å². The Morgan fingerprint density at radius 3 is 2.32 bits per heavy atom. The summed E-state index contributed by atoms with van der Waals surface area (Å²) in [6, 6.07) is 12.9. The lowest BCUT2D eigenvalue weighted by atomic mass is 9.98. The monoisotopic (exact) mass is 524 g/mol. The molecule has 0 aliphatic carbocycles. The highest BCUT2D eigenvalue weighted by Gasteiger charge is 2.29. The summed E-state index contributed by atoms with van der Waals surface area (Å²) >= 11 is 0. The quantitative estimate of drug-likeness (QED) is 0.287. The zero-order valence-electron chi connectivity index (χ0n) is 20.5. The summed E-state index contributed by atoms with van der Waals surface area (Å²) in [6.07, 6.45) is -2.75. The number of hydrogen-bond acceptors (Lipinski definition) is 4. The topological polar surface area (TPSA) is 36.9 Å². The third-order valence-corrected chi connectivity index (χ3v) is 6.28. The predicted molar refractivity (Wildman–Crippen MR) is 129 cm³/mol. The Kier molecular flexibility index (Phi) is 9.00. The minimum atomic E-state index is -4.55. The van der Waals surface area contributed by atoms with Gasteiger partial charge in [0.15, 0.2) is 24.5 Å². The molecule has 200 valence electrons. The Morgan fingerprint density at radius 1 is 0.892 bits per heavy atom. The van der Waals surface area contributed by atoms with Crippen LogP contribution in [-0.2, 0) is 33.5 Å². The molecule has 0 saturated carbocycles. The van der Waals surface area contributed by atoms with Gasteiger partial charge in [-0.15, -0.1) is 0 Å². The highest BCUT2D eigenvalue weighted by molar-refractivity contribution is 5.84. The van der Waals surface area contributed by atoms with E-state index in [1.54, 1.807) is 19.2 Å². The molecule has 4 rings (SSSR count). The Balaban J connectivity index is 1.33. The molecule has 0 radical (unpaired) electrons. The maximum absolute atomic E-state index is 15.2. The molecule has 1 aliphatic rings. The standard InChI is InChI=1S/C28H29F5O4/c1-34-14-20-15-35-26(36-16-20)11-5-18-3-9-23-22(12-18)8-7-21(27(23)30)6-2-19-4-10-25(24(29)13-19)37-17-28(31,32)33/h3-4,7-10,12-13,20,26H,2,5-6,11,14-17H2,1H3. The number of hydrogen-bond donors (Lipinski definition) is 0. The number of benzene rings is 3. The SMILES string of the molecule is COCC1COC(CCc2ccc3c(F)c(CCc4ccc(OCC(F)(F)F)c(F)c4)ccc3c2)OC1. The first-order valence-corrected chi connectivity index (χ1v) is 12.1. The fraction of sp³-hybridized carbons (Fsp3) is 0.429. The van der Waals surface area contributed by atoms with Crippen LogP contribution in [0.25, 0.3) is 10.8 Å². The lowest BCUT2D eigenvalue weighted by Crippen LogP contribution is -2.34. The van der Waals surface area contributed by atoms with Gasteiger partial charge in [-0.2, -0.15) is 13.2 Å². The van der Waals surface area contributed by atoms with Gasteiger partial charge in [-0.3, -0.25) is 0 Å². The van der Waals surface area contributed by atoms with Gasteiger partial charge in [-0.05, 0) is 53.5 Å². The first kappa shape index (κ1) is 27.3. The third-order valence-electron chi connectivity index (χ3n) is 6.28. The van der Waals surface area contributed by atoms with Crippen LogP contribution in [0.3, 0.4) is 0 Å². The summed E-state index contributed by atoms with van der Waals surface area (Å²) < 4.78 is 87.3. The number of fused-ring (bicyclic) bond motifs is 1. The van der Waals surface area contributed by atoms with Crippen LogP contribution in [0.2, 0.25) is 0 Å². The molecule has 0 atom stereocenters. The van der Waals surface area contributed by atoms with Gasteiger partial charge in [-0.1, -0.05) is 36.4 Å². The minimum absolute atomic E-state index is 0.245. The summed E-state index contributed by atoms with van der Waals surface area (Å²) in [6.45, 7) is 0.249. The molecule has 1 aliphatic heterocycles. The van der Waals surface area contributed by atoms with E-state index >= 15 is 4.39 Å².